The Labute approximate surface area is 132 Å². The number of carbonyl (C=O) groups excluding carboxylic acids is 1. The fourth-order valence-corrected chi connectivity index (χ4v) is 2.89. The summed E-state index contributed by atoms with van der Waals surface area (Å²) in [6.45, 7) is 4.27. The average molecular weight is 307 g/mol. The minimum absolute atomic E-state index is 0.0285. The van der Waals surface area contributed by atoms with Crippen LogP contribution in [0, 0.1) is 5.82 Å². The molecule has 1 aromatic carbocycles. The van der Waals surface area contributed by atoms with Gasteiger partial charge in [-0.25, -0.2) is 9.18 Å². The molecule has 0 radical (unpaired) electrons. The van der Waals surface area contributed by atoms with Crippen LogP contribution in [0.15, 0.2) is 24.3 Å². The second-order valence-electron chi connectivity index (χ2n) is 6.00. The van der Waals surface area contributed by atoms with Crippen LogP contribution < -0.4 is 10.2 Å². The molecule has 4 nitrogen and oxygen atoms in total. The third-order valence-electron chi connectivity index (χ3n) is 4.27. The lowest BCUT2D eigenvalue weighted by atomic mass is 10.0. The smallest absolute Gasteiger partial charge is 0.317 e. The molecular weight excluding hydrogens is 281 g/mol. The fourth-order valence-electron chi connectivity index (χ4n) is 2.89. The quantitative estimate of drug-likeness (QED) is 0.848. The highest BCUT2D eigenvalue weighted by atomic mass is 19.1. The molecule has 1 aromatic rings. The van der Waals surface area contributed by atoms with Crippen LogP contribution >= 0.6 is 0 Å². The first-order chi connectivity index (χ1) is 10.6. The van der Waals surface area contributed by atoms with E-state index < -0.39 is 0 Å². The van der Waals surface area contributed by atoms with E-state index in [1.165, 1.54) is 12.5 Å². The lowest BCUT2D eigenvalue weighted by Gasteiger charge is -2.33. The minimum atomic E-state index is -0.212. The third kappa shape index (κ3) is 4.36. The maximum Gasteiger partial charge on any atom is 0.317 e. The van der Waals surface area contributed by atoms with E-state index in [2.05, 4.69) is 12.2 Å². The summed E-state index contributed by atoms with van der Waals surface area (Å²) in [5, 5.41) is 2.97. The van der Waals surface area contributed by atoms with E-state index in [9.17, 15) is 9.18 Å². The lowest BCUT2D eigenvalue weighted by Crippen LogP contribution is -2.47. The van der Waals surface area contributed by atoms with Crippen molar-refractivity contribution in [2.75, 3.05) is 31.6 Å². The number of nitrogens with one attached hydrogen (secondary N) is 1. The SMILES string of the molecule is CC1CCCCN1C(=O)NCCCN(C)c1ccccc1F. The Bertz CT molecular complexity index is 495. The summed E-state index contributed by atoms with van der Waals surface area (Å²) in [7, 11) is 1.87. The predicted octanol–water partition coefficient (Wildman–Crippen LogP) is 3.24. The molecule has 1 N–H and O–H groups in total. The normalized spacial score (nSPS) is 18.1. The number of rotatable bonds is 5. The lowest BCUT2D eigenvalue weighted by molar-refractivity contribution is 0.158. The Hall–Kier alpha value is -1.78. The largest absolute Gasteiger partial charge is 0.372 e. The number of halogens is 1. The topological polar surface area (TPSA) is 35.6 Å². The molecule has 1 aliphatic heterocycles. The zero-order valence-electron chi connectivity index (χ0n) is 13.5. The number of para-hydroxylation sites is 1. The second kappa shape index (κ2) is 8.01. The molecule has 1 fully saturated rings. The summed E-state index contributed by atoms with van der Waals surface area (Å²) < 4.78 is 13.6. The Morgan fingerprint density at radius 2 is 2.18 bits per heavy atom. The first-order valence-corrected chi connectivity index (χ1v) is 8.09. The maximum absolute atomic E-state index is 13.6. The number of likely N-dealkylation sites (tertiary alicyclic amines) is 1. The molecule has 122 valence electrons. The highest BCUT2D eigenvalue weighted by Crippen LogP contribution is 2.17. The Morgan fingerprint density at radius 3 is 2.91 bits per heavy atom. The summed E-state index contributed by atoms with van der Waals surface area (Å²) in [5.41, 5.74) is 0.596. The number of hydrogen-bond acceptors (Lipinski definition) is 2. The van der Waals surface area contributed by atoms with Crippen LogP contribution in [-0.4, -0.2) is 43.7 Å². The molecule has 1 heterocycles. The van der Waals surface area contributed by atoms with Crippen LogP contribution in [0.1, 0.15) is 32.6 Å². The summed E-state index contributed by atoms with van der Waals surface area (Å²) in [6.07, 6.45) is 4.17. The fraction of sp³-hybridized carbons (Fsp3) is 0.588. The van der Waals surface area contributed by atoms with Gasteiger partial charge in [0.05, 0.1) is 5.69 Å². The molecular formula is C17H26FN3O. The van der Waals surface area contributed by atoms with Crippen molar-refractivity contribution in [2.45, 2.75) is 38.6 Å². The number of carbonyl (C=O) groups is 1. The van der Waals surface area contributed by atoms with Gasteiger partial charge >= 0.3 is 6.03 Å². The van der Waals surface area contributed by atoms with Gasteiger partial charge in [0.25, 0.3) is 0 Å². The van der Waals surface area contributed by atoms with Crippen molar-refractivity contribution in [1.82, 2.24) is 10.2 Å². The van der Waals surface area contributed by atoms with Crippen LogP contribution in [0.2, 0.25) is 0 Å². The van der Waals surface area contributed by atoms with Gasteiger partial charge in [0, 0.05) is 32.7 Å². The molecule has 1 saturated heterocycles. The van der Waals surface area contributed by atoms with Crippen molar-refractivity contribution in [3.63, 3.8) is 0 Å². The van der Waals surface area contributed by atoms with E-state index >= 15 is 0 Å². The summed E-state index contributed by atoms with van der Waals surface area (Å²) in [4.78, 5) is 15.9. The van der Waals surface area contributed by atoms with E-state index in [0.717, 1.165) is 25.8 Å². The van der Waals surface area contributed by atoms with Gasteiger partial charge in [-0.3, -0.25) is 0 Å². The van der Waals surface area contributed by atoms with Crippen LogP contribution in [0.4, 0.5) is 14.9 Å². The molecule has 1 unspecified atom stereocenters. The number of hydrogen-bond donors (Lipinski definition) is 1. The number of piperidine rings is 1. The van der Waals surface area contributed by atoms with Crippen molar-refractivity contribution >= 4 is 11.7 Å². The Morgan fingerprint density at radius 1 is 1.41 bits per heavy atom. The molecule has 0 aliphatic carbocycles. The maximum atomic E-state index is 13.6. The molecule has 1 aliphatic rings. The molecule has 1 atom stereocenters. The van der Waals surface area contributed by atoms with Gasteiger partial charge in [0.2, 0.25) is 0 Å². The standard InChI is InChI=1S/C17H26FN3O/c1-14-8-5-6-13-21(14)17(22)19-11-7-12-20(2)16-10-4-3-9-15(16)18/h3-4,9-10,14H,5-8,11-13H2,1-2H3,(H,19,22). The summed E-state index contributed by atoms with van der Waals surface area (Å²) in [5.74, 6) is -0.212. The van der Waals surface area contributed by atoms with Crippen LogP contribution in [-0.2, 0) is 0 Å². The monoisotopic (exact) mass is 307 g/mol. The molecule has 0 spiro atoms. The number of benzene rings is 1. The van der Waals surface area contributed by atoms with Gasteiger partial charge in [-0.1, -0.05) is 12.1 Å². The molecule has 22 heavy (non-hydrogen) atoms. The van der Waals surface area contributed by atoms with E-state index in [1.54, 1.807) is 12.1 Å². The molecule has 0 saturated carbocycles. The van der Waals surface area contributed by atoms with E-state index in [-0.39, 0.29) is 11.8 Å². The number of nitrogens with zero attached hydrogens (tertiary/aromatic N) is 2. The predicted molar refractivity (Wildman–Crippen MR) is 87.7 cm³/mol. The highest BCUT2D eigenvalue weighted by molar-refractivity contribution is 5.74. The molecule has 5 heteroatoms. The zero-order valence-corrected chi connectivity index (χ0v) is 13.5. The van der Waals surface area contributed by atoms with Crippen molar-refractivity contribution < 1.29 is 9.18 Å². The molecule has 0 bridgehead atoms. The van der Waals surface area contributed by atoms with Crippen molar-refractivity contribution in [1.29, 1.82) is 0 Å². The first kappa shape index (κ1) is 16.6. The van der Waals surface area contributed by atoms with Crippen LogP contribution in [0.5, 0.6) is 0 Å². The number of anilines is 1. The number of amides is 2. The second-order valence-corrected chi connectivity index (χ2v) is 6.00. The Balaban J connectivity index is 1.70. The first-order valence-electron chi connectivity index (χ1n) is 8.09. The van der Waals surface area contributed by atoms with E-state index in [4.69, 9.17) is 0 Å². The van der Waals surface area contributed by atoms with E-state index in [1.807, 2.05) is 22.9 Å². The average Bonchev–Trinajstić information content (AvgIpc) is 2.52. The molecule has 2 amide bonds. The zero-order chi connectivity index (χ0) is 15.9. The van der Waals surface area contributed by atoms with Gasteiger partial charge in [0.15, 0.2) is 0 Å². The summed E-state index contributed by atoms with van der Waals surface area (Å²) in [6, 6.07) is 7.10. The van der Waals surface area contributed by atoms with Gasteiger partial charge in [-0.2, -0.15) is 0 Å². The van der Waals surface area contributed by atoms with E-state index in [0.29, 0.717) is 24.8 Å². The Kier molecular flexibility index (Phi) is 6.04. The molecule has 0 aromatic heterocycles. The van der Waals surface area contributed by atoms with Gasteiger partial charge in [-0.15, -0.1) is 0 Å². The van der Waals surface area contributed by atoms with Crippen molar-refractivity contribution in [3.05, 3.63) is 30.1 Å². The van der Waals surface area contributed by atoms with Crippen LogP contribution in [0.25, 0.3) is 0 Å². The number of urea groups is 1. The van der Waals surface area contributed by atoms with Gasteiger partial charge in [0.1, 0.15) is 5.82 Å². The van der Waals surface area contributed by atoms with Crippen LogP contribution in [0.3, 0.4) is 0 Å². The van der Waals surface area contributed by atoms with Crippen molar-refractivity contribution in [3.8, 4) is 0 Å². The third-order valence-corrected chi connectivity index (χ3v) is 4.27. The molecule has 2 rings (SSSR count). The van der Waals surface area contributed by atoms with Gasteiger partial charge < -0.3 is 15.1 Å². The highest BCUT2D eigenvalue weighted by Gasteiger charge is 2.22. The summed E-state index contributed by atoms with van der Waals surface area (Å²) >= 11 is 0. The minimum Gasteiger partial charge on any atom is -0.372 e. The van der Waals surface area contributed by atoms with Crippen molar-refractivity contribution in [2.24, 2.45) is 0 Å². The van der Waals surface area contributed by atoms with Gasteiger partial charge in [-0.05, 0) is 44.7 Å².